The molecule has 2 fully saturated rings. The van der Waals surface area contributed by atoms with E-state index < -0.39 is 29.6 Å². The summed E-state index contributed by atoms with van der Waals surface area (Å²) in [5, 5.41) is 12.0. The van der Waals surface area contributed by atoms with E-state index in [4.69, 9.17) is 14.2 Å². The molecule has 1 atom stereocenters. The lowest BCUT2D eigenvalue weighted by atomic mass is 10.1. The average molecular weight is 444 g/mol. The minimum Gasteiger partial charge on any atom is -0.480 e. The molecule has 10 heteroatoms. The second-order valence-electron chi connectivity index (χ2n) is 7.45. The summed E-state index contributed by atoms with van der Waals surface area (Å²) in [4.78, 5) is 37.7. The first-order valence-corrected chi connectivity index (χ1v) is 9.97. The molecule has 0 unspecified atom stereocenters. The quantitative estimate of drug-likeness (QED) is 0.698. The van der Waals surface area contributed by atoms with Crippen molar-refractivity contribution in [3.8, 4) is 11.5 Å². The average Bonchev–Trinajstić information content (AvgIpc) is 3.41. The number of aliphatic carboxylic acids is 1. The molecule has 0 saturated carbocycles. The van der Waals surface area contributed by atoms with E-state index in [1.54, 1.807) is 12.1 Å². The number of benzene rings is 2. The number of carboxylic acids is 1. The lowest BCUT2D eigenvalue weighted by Gasteiger charge is -2.23. The predicted octanol–water partition coefficient (Wildman–Crippen LogP) is 1.78. The zero-order chi connectivity index (χ0) is 22.7. The maximum atomic E-state index is 13.0. The Morgan fingerprint density at radius 2 is 1.66 bits per heavy atom. The van der Waals surface area contributed by atoms with Crippen molar-refractivity contribution in [1.29, 1.82) is 0 Å². The molecule has 2 aliphatic rings. The minimum atomic E-state index is -1.16. The van der Waals surface area contributed by atoms with Gasteiger partial charge in [0.1, 0.15) is 23.4 Å². The van der Waals surface area contributed by atoms with E-state index in [1.807, 2.05) is 0 Å². The van der Waals surface area contributed by atoms with Crippen LogP contribution in [0.5, 0.6) is 11.5 Å². The van der Waals surface area contributed by atoms with Gasteiger partial charge in [0.25, 0.3) is 5.91 Å². The summed E-state index contributed by atoms with van der Waals surface area (Å²) in [6.45, 7) is 0.304. The second kappa shape index (κ2) is 8.93. The first kappa shape index (κ1) is 21.7. The highest BCUT2D eigenvalue weighted by atomic mass is 19.1. The molecule has 168 valence electrons. The minimum absolute atomic E-state index is 0.00586. The first-order chi connectivity index (χ1) is 15.3. The SMILES string of the molecule is O=C(NCC(=O)N1CC2(C[C@H]1C(=O)O)OCCO2)c1ccc(Oc2ccc(F)cc2)cc1. The van der Waals surface area contributed by atoms with E-state index in [0.717, 1.165) is 4.90 Å². The summed E-state index contributed by atoms with van der Waals surface area (Å²) in [6.07, 6.45) is 0.0392. The molecule has 2 aromatic carbocycles. The van der Waals surface area contributed by atoms with Crippen molar-refractivity contribution in [2.24, 2.45) is 0 Å². The maximum Gasteiger partial charge on any atom is 0.326 e. The Morgan fingerprint density at radius 1 is 1.06 bits per heavy atom. The summed E-state index contributed by atoms with van der Waals surface area (Å²) in [6, 6.07) is 10.6. The fourth-order valence-corrected chi connectivity index (χ4v) is 3.70. The molecule has 2 saturated heterocycles. The molecule has 2 heterocycles. The van der Waals surface area contributed by atoms with Gasteiger partial charge >= 0.3 is 5.97 Å². The van der Waals surface area contributed by atoms with Crippen LogP contribution in [0.3, 0.4) is 0 Å². The highest BCUT2D eigenvalue weighted by Gasteiger charge is 2.52. The molecule has 0 bridgehead atoms. The zero-order valence-electron chi connectivity index (χ0n) is 17.0. The van der Waals surface area contributed by atoms with E-state index in [1.165, 1.54) is 36.4 Å². The number of ether oxygens (including phenoxy) is 3. The smallest absolute Gasteiger partial charge is 0.326 e. The van der Waals surface area contributed by atoms with E-state index in [0.29, 0.717) is 30.3 Å². The Kier molecular flexibility index (Phi) is 6.06. The molecule has 0 radical (unpaired) electrons. The van der Waals surface area contributed by atoms with E-state index in [2.05, 4.69) is 5.32 Å². The predicted molar refractivity (Wildman–Crippen MR) is 108 cm³/mol. The van der Waals surface area contributed by atoms with Crippen molar-refractivity contribution in [3.05, 3.63) is 59.9 Å². The summed E-state index contributed by atoms with van der Waals surface area (Å²) in [5.41, 5.74) is 0.291. The molecule has 2 N–H and O–H groups in total. The third kappa shape index (κ3) is 4.71. The van der Waals surface area contributed by atoms with Gasteiger partial charge in [-0.3, -0.25) is 9.59 Å². The van der Waals surface area contributed by atoms with Crippen molar-refractivity contribution in [3.63, 3.8) is 0 Å². The molecule has 0 aromatic heterocycles. The summed E-state index contributed by atoms with van der Waals surface area (Å²) in [7, 11) is 0. The fraction of sp³-hybridized carbons (Fsp3) is 0.318. The second-order valence-corrected chi connectivity index (χ2v) is 7.45. The van der Waals surface area contributed by atoms with Crippen LogP contribution in [0.1, 0.15) is 16.8 Å². The summed E-state index contributed by atoms with van der Waals surface area (Å²) < 4.78 is 29.6. The largest absolute Gasteiger partial charge is 0.480 e. The van der Waals surface area contributed by atoms with Gasteiger partial charge in [-0.1, -0.05) is 0 Å². The molecule has 1 spiro atoms. The Balaban J connectivity index is 1.33. The number of amides is 2. The number of carbonyl (C=O) groups excluding carboxylic acids is 2. The number of nitrogens with one attached hydrogen (secondary N) is 1. The van der Waals surface area contributed by atoms with Crippen molar-refractivity contribution >= 4 is 17.8 Å². The van der Waals surface area contributed by atoms with Gasteiger partial charge in [0, 0.05) is 12.0 Å². The lowest BCUT2D eigenvalue weighted by Crippen LogP contribution is -2.46. The number of hydrogen-bond donors (Lipinski definition) is 2. The van der Waals surface area contributed by atoms with Crippen molar-refractivity contribution in [2.75, 3.05) is 26.3 Å². The highest BCUT2D eigenvalue weighted by molar-refractivity contribution is 5.97. The van der Waals surface area contributed by atoms with Crippen LogP contribution < -0.4 is 10.1 Å². The number of nitrogens with zero attached hydrogens (tertiary/aromatic N) is 1. The van der Waals surface area contributed by atoms with Crippen LogP contribution in [-0.4, -0.2) is 65.9 Å². The number of halogens is 1. The highest BCUT2D eigenvalue weighted by Crippen LogP contribution is 2.34. The van der Waals surface area contributed by atoms with Gasteiger partial charge in [0.2, 0.25) is 5.91 Å². The van der Waals surface area contributed by atoms with Gasteiger partial charge in [-0.05, 0) is 48.5 Å². The van der Waals surface area contributed by atoms with Crippen molar-refractivity contribution in [2.45, 2.75) is 18.2 Å². The monoisotopic (exact) mass is 444 g/mol. The molecule has 2 aliphatic heterocycles. The van der Waals surface area contributed by atoms with Gasteiger partial charge in [-0.2, -0.15) is 0 Å². The lowest BCUT2D eigenvalue weighted by molar-refractivity contribution is -0.152. The topological polar surface area (TPSA) is 114 Å². The van der Waals surface area contributed by atoms with Gasteiger partial charge in [-0.25, -0.2) is 9.18 Å². The third-order valence-electron chi connectivity index (χ3n) is 5.28. The van der Waals surface area contributed by atoms with Crippen molar-refractivity contribution < 1.29 is 38.1 Å². The Hall–Kier alpha value is -3.50. The first-order valence-electron chi connectivity index (χ1n) is 9.97. The number of hydrogen-bond acceptors (Lipinski definition) is 6. The van der Waals surface area contributed by atoms with Crippen molar-refractivity contribution in [1.82, 2.24) is 10.2 Å². The van der Waals surface area contributed by atoms with Crippen LogP contribution in [0.4, 0.5) is 4.39 Å². The number of rotatable bonds is 6. The van der Waals surface area contributed by atoms with Crippen LogP contribution in [-0.2, 0) is 19.1 Å². The Bertz CT molecular complexity index is 1000. The zero-order valence-corrected chi connectivity index (χ0v) is 17.0. The molecule has 32 heavy (non-hydrogen) atoms. The maximum absolute atomic E-state index is 13.0. The van der Waals surface area contributed by atoms with Gasteiger partial charge in [0.15, 0.2) is 5.79 Å². The molecule has 0 aliphatic carbocycles. The fourth-order valence-electron chi connectivity index (χ4n) is 3.70. The third-order valence-corrected chi connectivity index (χ3v) is 5.28. The molecule has 9 nitrogen and oxygen atoms in total. The molecular formula is C22H21FN2O7. The normalized spacial score (nSPS) is 19.2. The number of carbonyl (C=O) groups is 3. The molecule has 2 amide bonds. The van der Waals surface area contributed by atoms with E-state index in [9.17, 15) is 23.9 Å². The van der Waals surface area contributed by atoms with E-state index in [-0.39, 0.29) is 25.3 Å². The summed E-state index contributed by atoms with van der Waals surface area (Å²) >= 11 is 0. The van der Waals surface area contributed by atoms with Crippen LogP contribution in [0.2, 0.25) is 0 Å². The molecule has 2 aromatic rings. The number of carboxylic acid groups (broad SMARTS) is 1. The molecular weight excluding hydrogens is 423 g/mol. The van der Waals surface area contributed by atoms with Gasteiger partial charge in [0.05, 0.1) is 26.3 Å². The van der Waals surface area contributed by atoms with Crippen LogP contribution in [0, 0.1) is 5.82 Å². The molecule has 4 rings (SSSR count). The van der Waals surface area contributed by atoms with Crippen LogP contribution in [0.25, 0.3) is 0 Å². The summed E-state index contributed by atoms with van der Waals surface area (Å²) in [5.74, 6) is -2.77. The van der Waals surface area contributed by atoms with Gasteiger partial charge in [-0.15, -0.1) is 0 Å². The van der Waals surface area contributed by atoms with E-state index >= 15 is 0 Å². The Labute approximate surface area is 182 Å². The van der Waals surface area contributed by atoms with Crippen LogP contribution >= 0.6 is 0 Å². The van der Waals surface area contributed by atoms with Crippen LogP contribution in [0.15, 0.2) is 48.5 Å². The standard InChI is InChI=1S/C22H21FN2O7/c23-15-3-7-17(8-4-15)32-16-5-1-14(2-6-16)20(27)24-12-19(26)25-13-22(30-9-10-31-22)11-18(25)21(28)29/h1-8,18H,9-13H2,(H,24,27)(H,28,29)/t18-/m0/s1. The van der Waals surface area contributed by atoms with Gasteiger partial charge < -0.3 is 29.5 Å². The Morgan fingerprint density at radius 3 is 2.25 bits per heavy atom. The number of likely N-dealkylation sites (tertiary alicyclic amines) is 1.